The number of ether oxygens (including phenoxy) is 2. The number of hydrogen-bond acceptors (Lipinski definition) is 8. The number of hydrogen-bond donors (Lipinski definition) is 1. The molecule has 3 aromatic rings. The Morgan fingerprint density at radius 1 is 1.00 bits per heavy atom. The van der Waals surface area contributed by atoms with Gasteiger partial charge in [0.05, 0.1) is 36.7 Å². The lowest BCUT2D eigenvalue weighted by molar-refractivity contribution is 0.122. The summed E-state index contributed by atoms with van der Waals surface area (Å²) in [6, 6.07) is 10.8. The molecule has 0 atom stereocenters. The zero-order valence-electron chi connectivity index (χ0n) is 25.0. The Morgan fingerprint density at radius 2 is 1.79 bits per heavy atom. The number of fused-ring (bicyclic) bond motifs is 1. The Kier molecular flexibility index (Phi) is 9.50. The number of nitrogens with zero attached hydrogens (tertiary/aromatic N) is 6. The highest BCUT2D eigenvalue weighted by molar-refractivity contribution is 5.89. The van der Waals surface area contributed by atoms with Crippen molar-refractivity contribution < 1.29 is 18.7 Å². The van der Waals surface area contributed by atoms with Gasteiger partial charge in [0.1, 0.15) is 17.9 Å². The minimum atomic E-state index is -0.340. The number of amides is 2. The van der Waals surface area contributed by atoms with E-state index in [1.54, 1.807) is 23.4 Å². The topological polar surface area (TPSA) is 86.3 Å². The number of urea groups is 1. The van der Waals surface area contributed by atoms with Crippen LogP contribution < -0.4 is 15.0 Å². The van der Waals surface area contributed by atoms with Crippen LogP contribution in [-0.4, -0.2) is 116 Å². The minimum Gasteiger partial charge on any atom is -0.493 e. The van der Waals surface area contributed by atoms with Crippen LogP contribution in [0.25, 0.3) is 10.9 Å². The third-order valence-corrected chi connectivity index (χ3v) is 8.84. The molecule has 43 heavy (non-hydrogen) atoms. The molecule has 0 saturated carbocycles. The van der Waals surface area contributed by atoms with Gasteiger partial charge in [0, 0.05) is 82.0 Å². The first-order valence-electron chi connectivity index (χ1n) is 15.5. The maximum atomic E-state index is 14.8. The number of carbonyl (C=O) groups excluding carboxylic acids is 1. The van der Waals surface area contributed by atoms with Crippen LogP contribution in [-0.2, 0) is 4.74 Å². The minimum absolute atomic E-state index is 0.209. The molecule has 1 N–H and O–H groups in total. The molecule has 3 saturated heterocycles. The van der Waals surface area contributed by atoms with E-state index < -0.39 is 0 Å². The molecule has 3 aliphatic heterocycles. The Labute approximate surface area is 252 Å². The van der Waals surface area contributed by atoms with E-state index in [1.807, 2.05) is 17.0 Å². The van der Waals surface area contributed by atoms with Gasteiger partial charge >= 0.3 is 6.03 Å². The summed E-state index contributed by atoms with van der Waals surface area (Å²) in [7, 11) is 2.18. The summed E-state index contributed by atoms with van der Waals surface area (Å²) in [4.78, 5) is 30.8. The highest BCUT2D eigenvalue weighted by Gasteiger charge is 2.26. The van der Waals surface area contributed by atoms with Crippen molar-refractivity contribution in [1.82, 2.24) is 24.7 Å². The number of likely N-dealkylation sites (N-methyl/N-ethyl adjacent to an activating group) is 1. The molecule has 11 heteroatoms. The molecule has 3 fully saturated rings. The highest BCUT2D eigenvalue weighted by atomic mass is 19.1. The maximum absolute atomic E-state index is 14.8. The quantitative estimate of drug-likeness (QED) is 0.393. The Balaban J connectivity index is 0.996. The zero-order chi connectivity index (χ0) is 29.6. The standard InChI is InChI=1S/C32H42FN7O3/c1-37-12-14-38(15-13-37)9-2-18-43-26-4-5-27-29(22-26)34-23-35-31(27)24-7-10-40(11-8-24)32(41)36-25-3-6-30(28(33)21-25)39-16-19-42-20-17-39/h3-6,21-24H,2,7-20H2,1H3,(H,36,41). The lowest BCUT2D eigenvalue weighted by atomic mass is 9.91. The van der Waals surface area contributed by atoms with Crippen LogP contribution in [0, 0.1) is 5.82 Å². The normalized spacial score (nSPS) is 19.1. The second-order valence-electron chi connectivity index (χ2n) is 11.7. The maximum Gasteiger partial charge on any atom is 0.321 e. The summed E-state index contributed by atoms with van der Waals surface area (Å²) >= 11 is 0. The summed E-state index contributed by atoms with van der Waals surface area (Å²) in [6.45, 7) is 9.95. The fraction of sp³-hybridized carbons (Fsp3) is 0.531. The third kappa shape index (κ3) is 7.34. The zero-order valence-corrected chi connectivity index (χ0v) is 25.0. The van der Waals surface area contributed by atoms with Gasteiger partial charge in [-0.2, -0.15) is 0 Å². The van der Waals surface area contributed by atoms with Gasteiger partial charge in [-0.25, -0.2) is 19.2 Å². The Morgan fingerprint density at radius 3 is 2.56 bits per heavy atom. The van der Waals surface area contributed by atoms with Gasteiger partial charge in [0.2, 0.25) is 0 Å². The van der Waals surface area contributed by atoms with Gasteiger partial charge in [0.25, 0.3) is 0 Å². The monoisotopic (exact) mass is 591 g/mol. The molecule has 0 bridgehead atoms. The first-order chi connectivity index (χ1) is 21.0. The second kappa shape index (κ2) is 13.8. The molecule has 230 valence electrons. The van der Waals surface area contributed by atoms with E-state index in [1.165, 1.54) is 6.07 Å². The van der Waals surface area contributed by atoms with E-state index in [2.05, 4.69) is 38.2 Å². The van der Waals surface area contributed by atoms with Crippen LogP contribution in [0.3, 0.4) is 0 Å². The molecular weight excluding hydrogens is 549 g/mol. The number of aromatic nitrogens is 2. The van der Waals surface area contributed by atoms with Crippen LogP contribution in [0.2, 0.25) is 0 Å². The van der Waals surface area contributed by atoms with Gasteiger partial charge in [0.15, 0.2) is 0 Å². The van der Waals surface area contributed by atoms with Crippen LogP contribution in [0.15, 0.2) is 42.7 Å². The van der Waals surface area contributed by atoms with Crippen molar-refractivity contribution in [3.8, 4) is 5.75 Å². The lowest BCUT2D eigenvalue weighted by Gasteiger charge is -2.32. The van der Waals surface area contributed by atoms with E-state index >= 15 is 0 Å². The smallest absolute Gasteiger partial charge is 0.321 e. The lowest BCUT2D eigenvalue weighted by Crippen LogP contribution is -2.44. The molecule has 6 rings (SSSR count). The van der Waals surface area contributed by atoms with Crippen molar-refractivity contribution in [3.05, 3.63) is 54.2 Å². The number of piperidine rings is 1. The third-order valence-electron chi connectivity index (χ3n) is 8.84. The van der Waals surface area contributed by atoms with E-state index in [0.717, 1.165) is 74.3 Å². The number of benzene rings is 2. The SMILES string of the molecule is CN1CCN(CCCOc2ccc3c(C4CCN(C(=O)Nc5ccc(N6CCOCC6)c(F)c5)CC4)ncnc3c2)CC1. The number of nitrogens with one attached hydrogen (secondary N) is 1. The van der Waals surface area contributed by atoms with Crippen LogP contribution >= 0.6 is 0 Å². The van der Waals surface area contributed by atoms with Gasteiger partial charge in [-0.05, 0) is 56.6 Å². The van der Waals surface area contributed by atoms with Crippen molar-refractivity contribution in [2.24, 2.45) is 0 Å². The Hall–Kier alpha value is -3.54. The first-order valence-corrected chi connectivity index (χ1v) is 15.5. The fourth-order valence-corrected chi connectivity index (χ4v) is 6.23. The van der Waals surface area contributed by atoms with Gasteiger partial charge in [-0.3, -0.25) is 0 Å². The van der Waals surface area contributed by atoms with Crippen LogP contribution in [0.4, 0.5) is 20.6 Å². The average Bonchev–Trinajstić information content (AvgIpc) is 3.04. The second-order valence-corrected chi connectivity index (χ2v) is 11.7. The highest BCUT2D eigenvalue weighted by Crippen LogP contribution is 2.32. The molecule has 3 aliphatic rings. The summed E-state index contributed by atoms with van der Waals surface area (Å²) < 4.78 is 26.2. The number of carbonyl (C=O) groups is 1. The van der Waals surface area contributed by atoms with Gasteiger partial charge in [-0.1, -0.05) is 0 Å². The number of morpholine rings is 1. The van der Waals surface area contributed by atoms with Crippen molar-refractivity contribution >= 4 is 28.3 Å². The molecule has 4 heterocycles. The summed E-state index contributed by atoms with van der Waals surface area (Å²) in [6.07, 6.45) is 4.23. The molecule has 10 nitrogen and oxygen atoms in total. The molecule has 1 aromatic heterocycles. The average molecular weight is 592 g/mol. The first kappa shape index (κ1) is 29.5. The van der Waals surface area contributed by atoms with Gasteiger partial charge < -0.3 is 34.4 Å². The molecule has 2 aromatic carbocycles. The van der Waals surface area contributed by atoms with E-state index in [0.29, 0.717) is 57.4 Å². The predicted octanol–water partition coefficient (Wildman–Crippen LogP) is 4.03. The summed E-state index contributed by atoms with van der Waals surface area (Å²) in [5, 5.41) is 3.91. The van der Waals surface area contributed by atoms with Crippen molar-refractivity contribution in [3.63, 3.8) is 0 Å². The number of piperazine rings is 1. The summed E-state index contributed by atoms with van der Waals surface area (Å²) in [5.74, 6) is 0.722. The van der Waals surface area contributed by atoms with E-state index in [4.69, 9.17) is 9.47 Å². The largest absolute Gasteiger partial charge is 0.493 e. The van der Waals surface area contributed by atoms with Crippen molar-refractivity contribution in [2.75, 3.05) is 96.0 Å². The molecule has 2 amide bonds. The van der Waals surface area contributed by atoms with Crippen molar-refractivity contribution in [2.45, 2.75) is 25.2 Å². The fourth-order valence-electron chi connectivity index (χ4n) is 6.23. The number of likely N-dealkylation sites (tertiary alicyclic amines) is 1. The van der Waals surface area contributed by atoms with Crippen molar-refractivity contribution in [1.29, 1.82) is 0 Å². The number of halogens is 1. The molecule has 0 aliphatic carbocycles. The van der Waals surface area contributed by atoms with E-state index in [9.17, 15) is 9.18 Å². The van der Waals surface area contributed by atoms with E-state index in [-0.39, 0.29) is 17.8 Å². The summed E-state index contributed by atoms with van der Waals surface area (Å²) in [5.41, 5.74) is 2.90. The Bertz CT molecular complexity index is 1390. The van der Waals surface area contributed by atoms with Crippen LogP contribution in [0.5, 0.6) is 5.75 Å². The predicted molar refractivity (Wildman–Crippen MR) is 166 cm³/mol. The molecule has 0 unspecified atom stereocenters. The molecule has 0 spiro atoms. The molecule has 0 radical (unpaired) electrons. The number of rotatable bonds is 8. The molecular formula is C32H42FN7O3. The number of anilines is 2. The van der Waals surface area contributed by atoms with Crippen LogP contribution in [0.1, 0.15) is 30.9 Å². The van der Waals surface area contributed by atoms with Gasteiger partial charge in [-0.15, -0.1) is 0 Å².